The Balaban J connectivity index is 2.44. The van der Waals surface area contributed by atoms with E-state index in [0.717, 1.165) is 24.4 Å². The van der Waals surface area contributed by atoms with E-state index < -0.39 is 0 Å². The van der Waals surface area contributed by atoms with Crippen LogP contribution in [-0.2, 0) is 0 Å². The van der Waals surface area contributed by atoms with Crippen molar-refractivity contribution in [2.75, 3.05) is 18.5 Å². The molecule has 1 aromatic rings. The number of benzene rings is 1. The van der Waals surface area contributed by atoms with Gasteiger partial charge in [0.05, 0.1) is 0 Å². The van der Waals surface area contributed by atoms with Crippen LogP contribution in [0.1, 0.15) is 13.3 Å². The number of rotatable bonds is 6. The van der Waals surface area contributed by atoms with E-state index in [1.54, 1.807) is 6.08 Å². The lowest BCUT2D eigenvalue weighted by Crippen LogP contribution is -2.28. The number of thiocarbonyl (C=S) groups is 1. The number of anilines is 1. The van der Waals surface area contributed by atoms with Crippen molar-refractivity contribution in [3.63, 3.8) is 0 Å². The Morgan fingerprint density at radius 3 is 2.71 bits per heavy atom. The highest BCUT2D eigenvalue weighted by molar-refractivity contribution is 7.80. The molecule has 0 heterocycles. The predicted octanol–water partition coefficient (Wildman–Crippen LogP) is 2.95. The number of nitrogens with one attached hydrogen (secondary N) is 2. The molecule has 0 aromatic heterocycles. The summed E-state index contributed by atoms with van der Waals surface area (Å²) in [5.41, 5.74) is 0.949. The fraction of sp³-hybridized carbons (Fsp3) is 0.308. The first-order chi connectivity index (χ1) is 8.26. The molecule has 0 spiro atoms. The molecule has 0 unspecified atom stereocenters. The van der Waals surface area contributed by atoms with Crippen LogP contribution in [0.5, 0.6) is 5.75 Å². The Morgan fingerprint density at radius 2 is 2.12 bits per heavy atom. The number of hydrogen-bond donors (Lipinski definition) is 2. The second kappa shape index (κ2) is 7.68. The fourth-order valence-electron chi connectivity index (χ4n) is 1.20. The van der Waals surface area contributed by atoms with Gasteiger partial charge in [-0.05, 0) is 42.9 Å². The smallest absolute Gasteiger partial charge is 0.170 e. The van der Waals surface area contributed by atoms with Crippen LogP contribution in [0.3, 0.4) is 0 Å². The van der Waals surface area contributed by atoms with E-state index in [4.69, 9.17) is 17.0 Å². The average Bonchev–Trinajstić information content (AvgIpc) is 2.35. The second-order valence-corrected chi connectivity index (χ2v) is 3.91. The third-order valence-electron chi connectivity index (χ3n) is 2.02. The molecule has 3 nitrogen and oxygen atoms in total. The Kier molecular flexibility index (Phi) is 6.10. The Labute approximate surface area is 108 Å². The summed E-state index contributed by atoms with van der Waals surface area (Å²) < 4.78 is 5.39. The van der Waals surface area contributed by atoms with Gasteiger partial charge in [0.25, 0.3) is 0 Å². The Hall–Kier alpha value is -1.55. The van der Waals surface area contributed by atoms with Crippen LogP contribution in [0.2, 0.25) is 0 Å². The monoisotopic (exact) mass is 250 g/mol. The SMILES string of the molecule is C=CCOc1ccc(NC(=S)NCCC)cc1. The highest BCUT2D eigenvalue weighted by Crippen LogP contribution is 2.15. The molecule has 1 rings (SSSR count). The number of ether oxygens (including phenoxy) is 1. The molecular weight excluding hydrogens is 232 g/mol. The zero-order chi connectivity index (χ0) is 12.5. The van der Waals surface area contributed by atoms with Crippen LogP contribution in [0, 0.1) is 0 Å². The van der Waals surface area contributed by atoms with Crippen molar-refractivity contribution < 1.29 is 4.74 Å². The van der Waals surface area contributed by atoms with Gasteiger partial charge in [0.2, 0.25) is 0 Å². The highest BCUT2D eigenvalue weighted by atomic mass is 32.1. The minimum absolute atomic E-state index is 0.517. The van der Waals surface area contributed by atoms with E-state index in [1.165, 1.54) is 0 Å². The first kappa shape index (κ1) is 13.5. The molecule has 0 saturated carbocycles. The van der Waals surface area contributed by atoms with E-state index in [1.807, 2.05) is 24.3 Å². The maximum atomic E-state index is 5.39. The van der Waals surface area contributed by atoms with Crippen molar-refractivity contribution in [2.24, 2.45) is 0 Å². The molecule has 0 aliphatic rings. The van der Waals surface area contributed by atoms with E-state index in [-0.39, 0.29) is 0 Å². The van der Waals surface area contributed by atoms with Gasteiger partial charge in [0.15, 0.2) is 5.11 Å². The zero-order valence-electron chi connectivity index (χ0n) is 10.0. The van der Waals surface area contributed by atoms with E-state index in [9.17, 15) is 0 Å². The van der Waals surface area contributed by atoms with Gasteiger partial charge in [0.1, 0.15) is 12.4 Å². The molecule has 0 aliphatic carbocycles. The Morgan fingerprint density at radius 1 is 1.41 bits per heavy atom. The lowest BCUT2D eigenvalue weighted by molar-refractivity contribution is 0.363. The summed E-state index contributed by atoms with van der Waals surface area (Å²) in [6.45, 7) is 7.10. The van der Waals surface area contributed by atoms with Crippen molar-refractivity contribution >= 4 is 23.0 Å². The van der Waals surface area contributed by atoms with Crippen LogP contribution in [0.15, 0.2) is 36.9 Å². The normalized spacial score (nSPS) is 9.47. The van der Waals surface area contributed by atoms with Gasteiger partial charge in [0, 0.05) is 12.2 Å². The van der Waals surface area contributed by atoms with Gasteiger partial charge in [-0.15, -0.1) is 0 Å². The molecule has 0 saturated heterocycles. The van der Waals surface area contributed by atoms with Gasteiger partial charge in [-0.2, -0.15) is 0 Å². The zero-order valence-corrected chi connectivity index (χ0v) is 10.8. The summed E-state index contributed by atoms with van der Waals surface area (Å²) in [5.74, 6) is 0.822. The third-order valence-corrected chi connectivity index (χ3v) is 2.26. The first-order valence-corrected chi connectivity index (χ1v) is 6.05. The van der Waals surface area contributed by atoms with Crippen LogP contribution in [0.25, 0.3) is 0 Å². The second-order valence-electron chi connectivity index (χ2n) is 3.50. The van der Waals surface area contributed by atoms with Gasteiger partial charge >= 0.3 is 0 Å². The molecule has 92 valence electrons. The van der Waals surface area contributed by atoms with Crippen LogP contribution in [-0.4, -0.2) is 18.3 Å². The van der Waals surface area contributed by atoms with Gasteiger partial charge in [-0.1, -0.05) is 19.6 Å². The molecule has 0 radical (unpaired) electrons. The standard InChI is InChI=1S/C13H18N2OS/c1-3-9-14-13(17)15-11-5-7-12(8-6-11)16-10-4-2/h4-8H,2-3,9-10H2,1H3,(H2,14,15,17). The highest BCUT2D eigenvalue weighted by Gasteiger charge is 1.97. The summed E-state index contributed by atoms with van der Waals surface area (Å²) in [7, 11) is 0. The van der Waals surface area contributed by atoms with Crippen molar-refractivity contribution in [1.29, 1.82) is 0 Å². The van der Waals surface area contributed by atoms with Gasteiger partial charge in [-0.3, -0.25) is 0 Å². The maximum absolute atomic E-state index is 5.39. The van der Waals surface area contributed by atoms with E-state index in [0.29, 0.717) is 11.7 Å². The van der Waals surface area contributed by atoms with Crippen LogP contribution >= 0.6 is 12.2 Å². The molecule has 0 amide bonds. The average molecular weight is 250 g/mol. The van der Waals surface area contributed by atoms with Gasteiger partial charge in [-0.25, -0.2) is 0 Å². The summed E-state index contributed by atoms with van der Waals surface area (Å²) in [6.07, 6.45) is 2.77. The minimum atomic E-state index is 0.517. The largest absolute Gasteiger partial charge is 0.490 e. The molecule has 2 N–H and O–H groups in total. The predicted molar refractivity (Wildman–Crippen MR) is 76.6 cm³/mol. The molecular formula is C13H18N2OS. The fourth-order valence-corrected chi connectivity index (χ4v) is 1.42. The summed E-state index contributed by atoms with van der Waals surface area (Å²) in [5, 5.41) is 6.86. The summed E-state index contributed by atoms with van der Waals surface area (Å²) in [6, 6.07) is 7.65. The van der Waals surface area contributed by atoms with E-state index >= 15 is 0 Å². The lowest BCUT2D eigenvalue weighted by Gasteiger charge is -2.10. The van der Waals surface area contributed by atoms with Gasteiger partial charge < -0.3 is 15.4 Å². The van der Waals surface area contributed by atoms with E-state index in [2.05, 4.69) is 24.1 Å². The van der Waals surface area contributed by atoms with Crippen molar-refractivity contribution in [3.8, 4) is 5.75 Å². The molecule has 0 atom stereocenters. The Bertz CT molecular complexity index is 362. The molecule has 1 aromatic carbocycles. The molecule has 17 heavy (non-hydrogen) atoms. The van der Waals surface area contributed by atoms with Crippen LogP contribution < -0.4 is 15.4 Å². The third kappa shape index (κ3) is 5.36. The maximum Gasteiger partial charge on any atom is 0.170 e. The van der Waals surface area contributed by atoms with Crippen LogP contribution in [0.4, 0.5) is 5.69 Å². The molecule has 0 bridgehead atoms. The first-order valence-electron chi connectivity index (χ1n) is 5.65. The van der Waals surface area contributed by atoms with Crippen molar-refractivity contribution in [3.05, 3.63) is 36.9 Å². The summed E-state index contributed by atoms with van der Waals surface area (Å²) >= 11 is 5.14. The summed E-state index contributed by atoms with van der Waals surface area (Å²) in [4.78, 5) is 0. The molecule has 4 heteroatoms. The molecule has 0 aliphatic heterocycles. The van der Waals surface area contributed by atoms with Crippen molar-refractivity contribution in [2.45, 2.75) is 13.3 Å². The van der Waals surface area contributed by atoms with Crippen molar-refractivity contribution in [1.82, 2.24) is 5.32 Å². The topological polar surface area (TPSA) is 33.3 Å². The number of hydrogen-bond acceptors (Lipinski definition) is 2. The lowest BCUT2D eigenvalue weighted by atomic mass is 10.3. The molecule has 0 fully saturated rings. The quantitative estimate of drug-likeness (QED) is 0.601. The minimum Gasteiger partial charge on any atom is -0.490 e.